The first-order chi connectivity index (χ1) is 11.1. The van der Waals surface area contributed by atoms with Crippen LogP contribution in [0.5, 0.6) is 0 Å². The normalized spacial score (nSPS) is 21.3. The van der Waals surface area contributed by atoms with E-state index in [4.69, 9.17) is 9.26 Å². The zero-order valence-corrected chi connectivity index (χ0v) is 14.2. The Hall–Kier alpha value is -1.43. The molecule has 1 aromatic heterocycles. The van der Waals surface area contributed by atoms with Gasteiger partial charge in [-0.25, -0.2) is 0 Å². The molecule has 2 fully saturated rings. The highest BCUT2D eigenvalue weighted by molar-refractivity contribution is 5.77. The van der Waals surface area contributed by atoms with E-state index < -0.39 is 0 Å². The number of carbonyl (C=O) groups excluding carboxylic acids is 1. The Morgan fingerprint density at radius 3 is 2.96 bits per heavy atom. The summed E-state index contributed by atoms with van der Waals surface area (Å²) in [6, 6.07) is -0.0464. The highest BCUT2D eigenvalue weighted by atomic mass is 16.5. The molecule has 1 saturated heterocycles. The van der Waals surface area contributed by atoms with Crippen LogP contribution >= 0.6 is 0 Å². The van der Waals surface area contributed by atoms with Gasteiger partial charge in [-0.1, -0.05) is 19.0 Å². The molecular weight excluding hydrogens is 294 g/mol. The maximum Gasteiger partial charge on any atom is 0.249 e. The Labute approximate surface area is 137 Å². The molecule has 1 aliphatic carbocycles. The van der Waals surface area contributed by atoms with Crippen molar-refractivity contribution in [3.63, 3.8) is 0 Å². The molecule has 23 heavy (non-hydrogen) atoms. The zero-order chi connectivity index (χ0) is 16.2. The number of hydrogen-bond acceptors (Lipinski definition) is 5. The van der Waals surface area contributed by atoms with Crippen molar-refractivity contribution in [3.8, 4) is 0 Å². The van der Waals surface area contributed by atoms with Crippen molar-refractivity contribution in [1.29, 1.82) is 0 Å². The lowest BCUT2D eigenvalue weighted by Gasteiger charge is -2.22. The van der Waals surface area contributed by atoms with Crippen LogP contribution in [0.15, 0.2) is 4.52 Å². The van der Waals surface area contributed by atoms with E-state index in [0.717, 1.165) is 31.9 Å². The molecule has 0 bridgehead atoms. The van der Waals surface area contributed by atoms with Crippen molar-refractivity contribution in [2.75, 3.05) is 19.8 Å². The van der Waals surface area contributed by atoms with E-state index in [9.17, 15) is 4.79 Å². The summed E-state index contributed by atoms with van der Waals surface area (Å²) in [4.78, 5) is 18.7. The Balaban J connectivity index is 1.52. The number of aromatic nitrogens is 2. The molecule has 0 N–H and O–H groups in total. The topological polar surface area (TPSA) is 68.5 Å². The minimum Gasteiger partial charge on any atom is -0.381 e. The van der Waals surface area contributed by atoms with Gasteiger partial charge in [0.15, 0.2) is 5.82 Å². The summed E-state index contributed by atoms with van der Waals surface area (Å²) in [6.07, 6.45) is 5.75. The molecule has 1 aliphatic heterocycles. The summed E-state index contributed by atoms with van der Waals surface area (Å²) < 4.78 is 11.0. The second-order valence-corrected chi connectivity index (χ2v) is 7.16. The lowest BCUT2D eigenvalue weighted by molar-refractivity contribution is -0.133. The van der Waals surface area contributed by atoms with Gasteiger partial charge in [-0.05, 0) is 37.5 Å². The van der Waals surface area contributed by atoms with Crippen LogP contribution in [0.4, 0.5) is 0 Å². The zero-order valence-electron chi connectivity index (χ0n) is 14.2. The van der Waals surface area contributed by atoms with Gasteiger partial charge in [0.2, 0.25) is 11.8 Å². The van der Waals surface area contributed by atoms with Crippen LogP contribution in [0.25, 0.3) is 0 Å². The van der Waals surface area contributed by atoms with E-state index in [2.05, 4.69) is 24.0 Å². The van der Waals surface area contributed by atoms with Gasteiger partial charge in [-0.15, -0.1) is 0 Å². The maximum atomic E-state index is 12.3. The van der Waals surface area contributed by atoms with E-state index in [0.29, 0.717) is 37.1 Å². The number of hydrogen-bond donors (Lipinski definition) is 0. The average Bonchev–Trinajstić information content (AvgIpc) is 3.01. The van der Waals surface area contributed by atoms with Crippen LogP contribution < -0.4 is 0 Å². The van der Waals surface area contributed by atoms with E-state index >= 15 is 0 Å². The van der Waals surface area contributed by atoms with Crippen LogP contribution in [0.1, 0.15) is 63.7 Å². The summed E-state index contributed by atoms with van der Waals surface area (Å²) in [5.74, 6) is 2.59. The summed E-state index contributed by atoms with van der Waals surface area (Å²) in [5, 5.41) is 4.04. The first-order valence-corrected chi connectivity index (χ1v) is 8.83. The molecule has 1 atom stereocenters. The largest absolute Gasteiger partial charge is 0.381 e. The maximum absolute atomic E-state index is 12.3. The fourth-order valence-electron chi connectivity index (χ4n) is 2.99. The number of amides is 1. The van der Waals surface area contributed by atoms with Crippen molar-refractivity contribution < 1.29 is 14.1 Å². The van der Waals surface area contributed by atoms with Crippen molar-refractivity contribution in [1.82, 2.24) is 15.0 Å². The highest BCUT2D eigenvalue weighted by Crippen LogP contribution is 2.32. The SMILES string of the molecule is CC(C)CC(=O)N1CCCC1c1nc(CCOCC2CC2)no1. The number of ether oxygens (including phenoxy) is 1. The number of carbonyl (C=O) groups is 1. The van der Waals surface area contributed by atoms with Gasteiger partial charge in [0, 0.05) is 26.0 Å². The Morgan fingerprint density at radius 1 is 1.39 bits per heavy atom. The minimum absolute atomic E-state index is 0.0464. The van der Waals surface area contributed by atoms with Gasteiger partial charge in [-0.2, -0.15) is 4.98 Å². The molecule has 2 aliphatic rings. The van der Waals surface area contributed by atoms with Crippen LogP contribution in [0.3, 0.4) is 0 Å². The van der Waals surface area contributed by atoms with Gasteiger partial charge < -0.3 is 14.2 Å². The van der Waals surface area contributed by atoms with E-state index in [-0.39, 0.29) is 11.9 Å². The lowest BCUT2D eigenvalue weighted by atomic mass is 10.1. The third-order valence-corrected chi connectivity index (χ3v) is 4.45. The molecule has 1 amide bonds. The molecule has 3 rings (SSSR count). The molecule has 6 nitrogen and oxygen atoms in total. The summed E-state index contributed by atoms with van der Waals surface area (Å²) in [5.41, 5.74) is 0. The molecule has 128 valence electrons. The standard InChI is InChI=1S/C17H27N3O3/c1-12(2)10-16(21)20-8-3-4-14(20)17-18-15(19-23-17)7-9-22-11-13-5-6-13/h12-14H,3-11H2,1-2H3. The Morgan fingerprint density at radius 2 is 2.22 bits per heavy atom. The van der Waals surface area contributed by atoms with E-state index in [1.54, 1.807) is 0 Å². The van der Waals surface area contributed by atoms with E-state index in [1.807, 2.05) is 4.90 Å². The monoisotopic (exact) mass is 321 g/mol. The van der Waals surface area contributed by atoms with Crippen molar-refractivity contribution in [2.45, 2.75) is 58.4 Å². The fraction of sp³-hybridized carbons (Fsp3) is 0.824. The van der Waals surface area contributed by atoms with Gasteiger partial charge in [0.25, 0.3) is 0 Å². The molecular formula is C17H27N3O3. The number of rotatable bonds is 8. The predicted octanol–water partition coefficient (Wildman–Crippen LogP) is 2.75. The van der Waals surface area contributed by atoms with Crippen LogP contribution in [-0.4, -0.2) is 40.7 Å². The Bertz CT molecular complexity index is 525. The first kappa shape index (κ1) is 16.4. The summed E-state index contributed by atoms with van der Waals surface area (Å²) >= 11 is 0. The van der Waals surface area contributed by atoms with Crippen LogP contribution in [0.2, 0.25) is 0 Å². The van der Waals surface area contributed by atoms with Gasteiger partial charge in [0.05, 0.1) is 6.61 Å². The molecule has 0 spiro atoms. The Kier molecular flexibility index (Phi) is 5.30. The minimum atomic E-state index is -0.0464. The number of likely N-dealkylation sites (tertiary alicyclic amines) is 1. The second-order valence-electron chi connectivity index (χ2n) is 7.16. The van der Waals surface area contributed by atoms with Gasteiger partial charge in [0.1, 0.15) is 6.04 Å². The molecule has 2 heterocycles. The molecule has 0 radical (unpaired) electrons. The lowest BCUT2D eigenvalue weighted by Crippen LogP contribution is -2.31. The van der Waals surface area contributed by atoms with Crippen LogP contribution in [-0.2, 0) is 16.0 Å². The summed E-state index contributed by atoms with van der Waals surface area (Å²) in [6.45, 7) is 6.41. The molecule has 1 unspecified atom stereocenters. The van der Waals surface area contributed by atoms with Crippen molar-refractivity contribution >= 4 is 5.91 Å². The quantitative estimate of drug-likeness (QED) is 0.689. The van der Waals surface area contributed by atoms with Gasteiger partial charge in [-0.3, -0.25) is 4.79 Å². The second kappa shape index (κ2) is 7.43. The highest BCUT2D eigenvalue weighted by Gasteiger charge is 2.34. The smallest absolute Gasteiger partial charge is 0.249 e. The fourth-order valence-corrected chi connectivity index (χ4v) is 2.99. The number of nitrogens with zero attached hydrogens (tertiary/aromatic N) is 3. The van der Waals surface area contributed by atoms with E-state index in [1.165, 1.54) is 12.8 Å². The predicted molar refractivity (Wildman–Crippen MR) is 84.7 cm³/mol. The average molecular weight is 321 g/mol. The molecule has 1 saturated carbocycles. The van der Waals surface area contributed by atoms with Crippen molar-refractivity contribution in [2.24, 2.45) is 11.8 Å². The van der Waals surface area contributed by atoms with Gasteiger partial charge >= 0.3 is 0 Å². The third-order valence-electron chi connectivity index (χ3n) is 4.45. The van der Waals surface area contributed by atoms with Crippen LogP contribution in [0, 0.1) is 11.8 Å². The third kappa shape index (κ3) is 4.53. The molecule has 1 aromatic rings. The molecule has 6 heteroatoms. The van der Waals surface area contributed by atoms with Crippen molar-refractivity contribution in [3.05, 3.63) is 11.7 Å². The summed E-state index contributed by atoms with van der Waals surface area (Å²) in [7, 11) is 0. The first-order valence-electron chi connectivity index (χ1n) is 8.83. The molecule has 0 aromatic carbocycles.